The van der Waals surface area contributed by atoms with Crippen LogP contribution in [0.4, 0.5) is 0 Å². The van der Waals surface area contributed by atoms with Crippen LogP contribution >= 0.6 is 11.6 Å². The number of aliphatic imine (C=N–C) groups is 2. The van der Waals surface area contributed by atoms with Gasteiger partial charge >= 0.3 is 0 Å². The van der Waals surface area contributed by atoms with Gasteiger partial charge in [0.25, 0.3) is 0 Å². The molecule has 1 atom stereocenters. The number of nitrogens with zero attached hydrogens (tertiary/aromatic N) is 2. The molecule has 98 valence electrons. The summed E-state index contributed by atoms with van der Waals surface area (Å²) in [5.41, 5.74) is 2.37. The van der Waals surface area contributed by atoms with E-state index in [1.54, 1.807) is 0 Å². The zero-order valence-electron chi connectivity index (χ0n) is 10.6. The molecule has 1 unspecified atom stereocenters. The predicted octanol–water partition coefficient (Wildman–Crippen LogP) is 3.46. The zero-order valence-corrected chi connectivity index (χ0v) is 11.4. The highest BCUT2D eigenvalue weighted by Gasteiger charge is 2.21. The minimum absolute atomic E-state index is 0.108. The summed E-state index contributed by atoms with van der Waals surface area (Å²) in [7, 11) is 0. The van der Waals surface area contributed by atoms with E-state index in [0.29, 0.717) is 5.29 Å². The molecule has 2 aliphatic carbocycles. The summed E-state index contributed by atoms with van der Waals surface area (Å²) in [5.74, 6) is 0.856. The van der Waals surface area contributed by atoms with Crippen LogP contribution in [0, 0.1) is 0 Å². The minimum Gasteiger partial charge on any atom is -0.344 e. The molecule has 0 fully saturated rings. The van der Waals surface area contributed by atoms with Crippen LogP contribution in [0.5, 0.6) is 0 Å². The molecule has 0 spiro atoms. The highest BCUT2D eigenvalue weighted by atomic mass is 35.5. The maximum atomic E-state index is 6.07. The van der Waals surface area contributed by atoms with E-state index >= 15 is 0 Å². The lowest BCUT2D eigenvalue weighted by atomic mass is 10.0. The Morgan fingerprint density at radius 3 is 2.89 bits per heavy atom. The van der Waals surface area contributed by atoms with Crippen LogP contribution in [0.2, 0.25) is 0 Å². The highest BCUT2D eigenvalue weighted by molar-refractivity contribution is 6.66. The Morgan fingerprint density at radius 2 is 2.16 bits per heavy atom. The van der Waals surface area contributed by atoms with Gasteiger partial charge in [0, 0.05) is 0 Å². The summed E-state index contributed by atoms with van der Waals surface area (Å²) >= 11 is 6.07. The Morgan fingerprint density at radius 1 is 1.21 bits per heavy atom. The normalized spacial score (nSPS) is 26.1. The first-order chi connectivity index (χ1) is 9.33. The van der Waals surface area contributed by atoms with E-state index in [9.17, 15) is 0 Å². The lowest BCUT2D eigenvalue weighted by Crippen LogP contribution is -2.39. The Labute approximate surface area is 118 Å². The zero-order chi connectivity index (χ0) is 13.1. The van der Waals surface area contributed by atoms with Crippen molar-refractivity contribution in [3.05, 3.63) is 47.6 Å². The molecule has 0 aromatic carbocycles. The van der Waals surface area contributed by atoms with Crippen molar-refractivity contribution in [3.8, 4) is 0 Å². The van der Waals surface area contributed by atoms with Crippen LogP contribution in [-0.4, -0.2) is 17.3 Å². The van der Waals surface area contributed by atoms with Gasteiger partial charge in [-0.1, -0.05) is 36.5 Å². The molecule has 0 saturated carbocycles. The van der Waals surface area contributed by atoms with Gasteiger partial charge in [-0.25, -0.2) is 9.98 Å². The van der Waals surface area contributed by atoms with Crippen LogP contribution in [-0.2, 0) is 0 Å². The summed E-state index contributed by atoms with van der Waals surface area (Å²) < 4.78 is 0. The number of hydrogen-bond acceptors (Lipinski definition) is 3. The van der Waals surface area contributed by atoms with Gasteiger partial charge in [-0.05, 0) is 48.4 Å². The van der Waals surface area contributed by atoms with E-state index in [1.165, 1.54) is 11.1 Å². The third-order valence-electron chi connectivity index (χ3n) is 3.37. The minimum atomic E-state index is -0.108. The molecule has 0 saturated heterocycles. The van der Waals surface area contributed by atoms with E-state index in [-0.39, 0.29) is 6.17 Å². The molecule has 0 bridgehead atoms. The van der Waals surface area contributed by atoms with Gasteiger partial charge in [0.1, 0.15) is 12.0 Å². The quantitative estimate of drug-likeness (QED) is 0.769. The first-order valence-corrected chi connectivity index (χ1v) is 7.02. The average Bonchev–Trinajstić information content (AvgIpc) is 2.48. The summed E-state index contributed by atoms with van der Waals surface area (Å²) in [6.07, 6.45) is 16.9. The van der Waals surface area contributed by atoms with E-state index in [4.69, 9.17) is 11.6 Å². The van der Waals surface area contributed by atoms with Crippen LogP contribution in [0.25, 0.3) is 0 Å². The second kappa shape index (κ2) is 5.57. The fourth-order valence-electron chi connectivity index (χ4n) is 2.38. The van der Waals surface area contributed by atoms with Crippen molar-refractivity contribution in [3.63, 3.8) is 0 Å². The molecule has 3 rings (SSSR count). The molecule has 0 radical (unpaired) electrons. The van der Waals surface area contributed by atoms with Crippen LogP contribution in [0.3, 0.4) is 0 Å². The monoisotopic (exact) mass is 273 g/mol. The molecule has 19 heavy (non-hydrogen) atoms. The summed E-state index contributed by atoms with van der Waals surface area (Å²) in [6, 6.07) is 0. The number of halogens is 1. The van der Waals surface area contributed by atoms with Gasteiger partial charge in [0.2, 0.25) is 5.29 Å². The molecule has 3 aliphatic rings. The Bertz CT molecular complexity index is 550. The van der Waals surface area contributed by atoms with E-state index in [0.717, 1.165) is 31.5 Å². The number of rotatable bonds is 2. The number of allylic oxidation sites excluding steroid dienone is 5. The molecule has 0 aromatic rings. The smallest absolute Gasteiger partial charge is 0.222 e. The maximum Gasteiger partial charge on any atom is 0.222 e. The van der Waals surface area contributed by atoms with Crippen LogP contribution in [0.1, 0.15) is 25.7 Å². The molecular weight excluding hydrogens is 258 g/mol. The molecule has 0 amide bonds. The van der Waals surface area contributed by atoms with E-state index in [2.05, 4.69) is 51.8 Å². The second-order valence-electron chi connectivity index (χ2n) is 4.75. The van der Waals surface area contributed by atoms with Gasteiger partial charge in [0.05, 0.1) is 0 Å². The van der Waals surface area contributed by atoms with Crippen molar-refractivity contribution < 1.29 is 0 Å². The first-order valence-electron chi connectivity index (χ1n) is 6.64. The SMILES string of the molecule is ClC1=NC(C2=CCCC=C2)NC(C2=CC=CCC2)=N1. The lowest BCUT2D eigenvalue weighted by molar-refractivity contribution is 0.719. The Balaban J connectivity index is 1.83. The molecule has 3 nitrogen and oxygen atoms in total. The average molecular weight is 274 g/mol. The molecule has 1 heterocycles. The largest absolute Gasteiger partial charge is 0.344 e. The van der Waals surface area contributed by atoms with Gasteiger partial charge < -0.3 is 5.32 Å². The molecular formula is C15H16ClN3. The van der Waals surface area contributed by atoms with Crippen molar-refractivity contribution in [2.45, 2.75) is 31.8 Å². The summed E-state index contributed by atoms with van der Waals surface area (Å²) in [6.45, 7) is 0. The number of amidine groups is 2. The summed E-state index contributed by atoms with van der Waals surface area (Å²) in [5, 5.41) is 3.71. The molecule has 1 aliphatic heterocycles. The van der Waals surface area contributed by atoms with Crippen LogP contribution in [0.15, 0.2) is 57.6 Å². The second-order valence-corrected chi connectivity index (χ2v) is 5.09. The maximum absolute atomic E-state index is 6.07. The van der Waals surface area contributed by atoms with E-state index < -0.39 is 0 Å². The van der Waals surface area contributed by atoms with Gasteiger partial charge in [0.15, 0.2) is 0 Å². The highest BCUT2D eigenvalue weighted by Crippen LogP contribution is 2.20. The first kappa shape index (κ1) is 12.4. The lowest BCUT2D eigenvalue weighted by Gasteiger charge is -2.25. The Kier molecular flexibility index (Phi) is 3.65. The van der Waals surface area contributed by atoms with Crippen molar-refractivity contribution in [1.82, 2.24) is 5.32 Å². The fraction of sp³-hybridized carbons (Fsp3) is 0.333. The summed E-state index contributed by atoms with van der Waals surface area (Å²) in [4.78, 5) is 8.69. The van der Waals surface area contributed by atoms with Crippen molar-refractivity contribution in [2.75, 3.05) is 0 Å². The van der Waals surface area contributed by atoms with Crippen molar-refractivity contribution in [2.24, 2.45) is 9.98 Å². The third-order valence-corrected chi connectivity index (χ3v) is 3.55. The number of hydrogen-bond donors (Lipinski definition) is 1. The number of nitrogens with one attached hydrogen (secondary N) is 1. The Hall–Kier alpha value is -1.61. The van der Waals surface area contributed by atoms with E-state index in [1.807, 2.05) is 0 Å². The van der Waals surface area contributed by atoms with Crippen molar-refractivity contribution in [1.29, 1.82) is 0 Å². The van der Waals surface area contributed by atoms with Crippen molar-refractivity contribution >= 4 is 22.7 Å². The molecule has 4 heteroatoms. The van der Waals surface area contributed by atoms with Gasteiger partial charge in [-0.3, -0.25) is 0 Å². The fourth-order valence-corrected chi connectivity index (χ4v) is 2.56. The van der Waals surface area contributed by atoms with Gasteiger partial charge in [-0.15, -0.1) is 0 Å². The van der Waals surface area contributed by atoms with Gasteiger partial charge in [-0.2, -0.15) is 0 Å². The molecule has 1 N–H and O–H groups in total. The van der Waals surface area contributed by atoms with Crippen LogP contribution < -0.4 is 5.32 Å². The molecule has 0 aromatic heterocycles. The topological polar surface area (TPSA) is 36.8 Å². The standard InChI is InChI=1S/C15H16ClN3/c16-15-18-13(11-7-3-1-4-8-11)17-14(19-15)12-9-5-2-6-10-12/h1,3,5,7,9-10,14H,2,4,6,8H2,(H,17,18,19). The third kappa shape index (κ3) is 2.87. The predicted molar refractivity (Wildman–Crippen MR) is 80.6 cm³/mol.